The van der Waals surface area contributed by atoms with E-state index >= 15 is 0 Å². The van der Waals surface area contributed by atoms with Crippen molar-refractivity contribution < 1.29 is 27.2 Å². The molecule has 1 aromatic carbocycles. The lowest BCUT2D eigenvalue weighted by atomic mass is 10.1. The number of nitrogens with one attached hydrogen (secondary N) is 1. The Morgan fingerprint density at radius 3 is 2.81 bits per heavy atom. The van der Waals surface area contributed by atoms with E-state index in [4.69, 9.17) is 14.7 Å². The van der Waals surface area contributed by atoms with Gasteiger partial charge in [0, 0.05) is 11.4 Å². The average molecular weight is 381 g/mol. The first-order valence-corrected chi connectivity index (χ1v) is 8.01. The van der Waals surface area contributed by atoms with Gasteiger partial charge in [0.25, 0.3) is 0 Å². The Labute approximate surface area is 148 Å². The van der Waals surface area contributed by atoms with Gasteiger partial charge in [-0.2, -0.15) is 13.2 Å². The molecule has 0 aliphatic carbocycles. The Balaban J connectivity index is 1.64. The van der Waals surface area contributed by atoms with Crippen LogP contribution in [0, 0.1) is 5.41 Å². The van der Waals surface area contributed by atoms with Crippen LogP contribution in [0.2, 0.25) is 0 Å². The monoisotopic (exact) mass is 381 g/mol. The van der Waals surface area contributed by atoms with Gasteiger partial charge in [0.15, 0.2) is 10.8 Å². The van der Waals surface area contributed by atoms with Crippen LogP contribution in [0.1, 0.15) is 21.6 Å². The standard InChI is InChI=1S/C16H10F3N3O3S/c17-16(18,19)10-3-1-2-9(6-10)15(23)24-7-11(20)12-8-26-14(22-12)13-4-5-21-25-13/h1-6,8,20H,7H2. The minimum atomic E-state index is -4.55. The number of benzene rings is 1. The number of alkyl halides is 3. The molecular weight excluding hydrogens is 371 g/mol. The summed E-state index contributed by atoms with van der Waals surface area (Å²) in [6.07, 6.45) is -3.10. The summed E-state index contributed by atoms with van der Waals surface area (Å²) >= 11 is 1.22. The molecule has 0 saturated carbocycles. The van der Waals surface area contributed by atoms with E-state index in [0.29, 0.717) is 16.8 Å². The molecule has 134 valence electrons. The maximum atomic E-state index is 12.7. The van der Waals surface area contributed by atoms with E-state index in [1.807, 2.05) is 0 Å². The van der Waals surface area contributed by atoms with Crippen LogP contribution in [0.4, 0.5) is 13.2 Å². The van der Waals surface area contributed by atoms with Gasteiger partial charge >= 0.3 is 12.1 Å². The first kappa shape index (κ1) is 17.8. The first-order valence-electron chi connectivity index (χ1n) is 7.13. The molecule has 0 spiro atoms. The predicted octanol–water partition coefficient (Wildman–Crippen LogP) is 4.04. The summed E-state index contributed by atoms with van der Waals surface area (Å²) in [4.78, 5) is 16.1. The number of carbonyl (C=O) groups excluding carboxylic acids is 1. The lowest BCUT2D eigenvalue weighted by molar-refractivity contribution is -0.137. The Morgan fingerprint density at radius 2 is 2.12 bits per heavy atom. The van der Waals surface area contributed by atoms with Crippen molar-refractivity contribution in [1.29, 1.82) is 5.41 Å². The van der Waals surface area contributed by atoms with Gasteiger partial charge in [0.1, 0.15) is 6.61 Å². The van der Waals surface area contributed by atoms with Gasteiger partial charge in [-0.15, -0.1) is 11.3 Å². The smallest absolute Gasteiger partial charge is 0.416 e. The summed E-state index contributed by atoms with van der Waals surface area (Å²) in [7, 11) is 0. The zero-order valence-corrected chi connectivity index (χ0v) is 13.7. The van der Waals surface area contributed by atoms with Crippen molar-refractivity contribution in [3.8, 4) is 10.8 Å². The second-order valence-electron chi connectivity index (χ2n) is 5.05. The van der Waals surface area contributed by atoms with Crippen LogP contribution in [0.3, 0.4) is 0 Å². The van der Waals surface area contributed by atoms with E-state index in [-0.39, 0.29) is 17.0 Å². The molecule has 26 heavy (non-hydrogen) atoms. The van der Waals surface area contributed by atoms with E-state index in [9.17, 15) is 18.0 Å². The molecule has 0 bridgehead atoms. The largest absolute Gasteiger partial charge is 0.456 e. The van der Waals surface area contributed by atoms with Gasteiger partial charge in [-0.1, -0.05) is 11.2 Å². The van der Waals surface area contributed by atoms with E-state index in [2.05, 4.69) is 10.1 Å². The topological polar surface area (TPSA) is 89.1 Å². The molecule has 0 aliphatic rings. The second-order valence-corrected chi connectivity index (χ2v) is 5.91. The number of rotatable bonds is 5. The lowest BCUT2D eigenvalue weighted by Gasteiger charge is -2.09. The second kappa shape index (κ2) is 7.08. The highest BCUT2D eigenvalue weighted by Crippen LogP contribution is 2.29. The highest BCUT2D eigenvalue weighted by molar-refractivity contribution is 7.13. The van der Waals surface area contributed by atoms with Gasteiger partial charge in [-0.05, 0) is 18.2 Å². The fourth-order valence-corrected chi connectivity index (χ4v) is 2.76. The normalized spacial score (nSPS) is 11.3. The third kappa shape index (κ3) is 3.97. The van der Waals surface area contributed by atoms with Crippen molar-refractivity contribution in [1.82, 2.24) is 10.1 Å². The average Bonchev–Trinajstić information content (AvgIpc) is 3.29. The van der Waals surface area contributed by atoms with E-state index < -0.39 is 24.3 Å². The summed E-state index contributed by atoms with van der Waals surface area (Å²) in [5, 5.41) is 13.6. The zero-order chi connectivity index (χ0) is 18.7. The number of hydrogen-bond acceptors (Lipinski definition) is 7. The molecule has 6 nitrogen and oxygen atoms in total. The van der Waals surface area contributed by atoms with Crippen LogP contribution < -0.4 is 0 Å². The van der Waals surface area contributed by atoms with Gasteiger partial charge in [0.05, 0.1) is 28.7 Å². The molecule has 0 unspecified atom stereocenters. The van der Waals surface area contributed by atoms with E-state index in [1.54, 1.807) is 11.4 Å². The van der Waals surface area contributed by atoms with Crippen molar-refractivity contribution in [3.05, 3.63) is 58.7 Å². The quantitative estimate of drug-likeness (QED) is 0.532. The fraction of sp³-hybridized carbons (Fsp3) is 0.125. The Morgan fingerprint density at radius 1 is 1.31 bits per heavy atom. The third-order valence-electron chi connectivity index (χ3n) is 3.24. The Kier molecular flexibility index (Phi) is 4.85. The molecule has 0 fully saturated rings. The Hall–Kier alpha value is -3.01. The molecular formula is C16H10F3N3O3S. The lowest BCUT2D eigenvalue weighted by Crippen LogP contribution is -2.15. The van der Waals surface area contributed by atoms with Crippen molar-refractivity contribution in [2.75, 3.05) is 6.61 Å². The van der Waals surface area contributed by atoms with Gasteiger partial charge in [0.2, 0.25) is 0 Å². The molecule has 0 radical (unpaired) electrons. The molecule has 3 aromatic rings. The summed E-state index contributed by atoms with van der Waals surface area (Å²) in [5.74, 6) is -0.512. The van der Waals surface area contributed by atoms with Crippen molar-refractivity contribution in [2.45, 2.75) is 6.18 Å². The van der Waals surface area contributed by atoms with Crippen LogP contribution in [0.5, 0.6) is 0 Å². The maximum absolute atomic E-state index is 12.7. The number of ether oxygens (including phenoxy) is 1. The summed E-state index contributed by atoms with van der Waals surface area (Å²) in [6.45, 7) is -0.422. The molecule has 2 heterocycles. The molecule has 1 N–H and O–H groups in total. The summed E-state index contributed by atoms with van der Waals surface area (Å²) in [6, 6.07) is 5.51. The van der Waals surface area contributed by atoms with Crippen molar-refractivity contribution in [2.24, 2.45) is 0 Å². The minimum Gasteiger partial charge on any atom is -0.456 e. The molecule has 0 amide bonds. The molecule has 10 heteroatoms. The number of esters is 1. The van der Waals surface area contributed by atoms with Gasteiger partial charge < -0.3 is 9.26 Å². The summed E-state index contributed by atoms with van der Waals surface area (Å²) < 4.78 is 47.9. The van der Waals surface area contributed by atoms with Crippen LogP contribution in [-0.2, 0) is 10.9 Å². The number of aromatic nitrogens is 2. The molecule has 3 rings (SSSR count). The number of carbonyl (C=O) groups is 1. The number of hydrogen-bond donors (Lipinski definition) is 1. The maximum Gasteiger partial charge on any atom is 0.416 e. The minimum absolute atomic E-state index is 0.0904. The van der Waals surface area contributed by atoms with Crippen LogP contribution in [0.15, 0.2) is 46.4 Å². The fourth-order valence-electron chi connectivity index (χ4n) is 1.97. The van der Waals surface area contributed by atoms with Crippen molar-refractivity contribution in [3.63, 3.8) is 0 Å². The molecule has 0 aliphatic heterocycles. The third-order valence-corrected chi connectivity index (χ3v) is 4.09. The molecule has 0 saturated heterocycles. The van der Waals surface area contributed by atoms with Gasteiger partial charge in [-0.3, -0.25) is 5.41 Å². The van der Waals surface area contributed by atoms with Crippen molar-refractivity contribution >= 4 is 23.0 Å². The molecule has 2 aromatic heterocycles. The number of nitrogens with zero attached hydrogens (tertiary/aromatic N) is 2. The SMILES string of the molecule is N=C(COC(=O)c1cccc(C(F)(F)F)c1)c1csc(-c2ccno2)n1. The zero-order valence-electron chi connectivity index (χ0n) is 12.9. The highest BCUT2D eigenvalue weighted by atomic mass is 32.1. The molecule has 0 atom stereocenters. The highest BCUT2D eigenvalue weighted by Gasteiger charge is 2.31. The Bertz CT molecular complexity index is 936. The van der Waals surface area contributed by atoms with Crippen LogP contribution in [-0.4, -0.2) is 28.4 Å². The number of halogens is 3. The van der Waals surface area contributed by atoms with Crippen LogP contribution >= 0.6 is 11.3 Å². The van der Waals surface area contributed by atoms with E-state index in [1.165, 1.54) is 23.6 Å². The van der Waals surface area contributed by atoms with Gasteiger partial charge in [-0.25, -0.2) is 9.78 Å². The first-order chi connectivity index (χ1) is 12.3. The summed E-state index contributed by atoms with van der Waals surface area (Å²) in [5.41, 5.74) is -1.00. The predicted molar refractivity (Wildman–Crippen MR) is 86.2 cm³/mol. The van der Waals surface area contributed by atoms with Crippen LogP contribution in [0.25, 0.3) is 10.8 Å². The van der Waals surface area contributed by atoms with E-state index in [0.717, 1.165) is 12.1 Å². The number of thiazole rings is 1.